The maximum absolute atomic E-state index is 4.98. The van der Waals surface area contributed by atoms with Crippen LogP contribution >= 0.6 is 24.8 Å². The maximum atomic E-state index is 4.98. The zero-order valence-electron chi connectivity index (χ0n) is 17.4. The third-order valence-corrected chi connectivity index (χ3v) is 6.82. The number of hydrogen-bond donors (Lipinski definition) is 0. The van der Waals surface area contributed by atoms with Gasteiger partial charge in [-0.3, -0.25) is 4.40 Å². The fourth-order valence-electron chi connectivity index (χ4n) is 5.42. The van der Waals surface area contributed by atoms with Crippen LogP contribution in [0.3, 0.4) is 0 Å². The van der Waals surface area contributed by atoms with Crippen LogP contribution in [0.4, 0.5) is 0 Å². The molecular formula is C24H33Cl2N3. The van der Waals surface area contributed by atoms with Crippen LogP contribution in [-0.2, 0) is 6.42 Å². The molecule has 0 atom stereocenters. The van der Waals surface area contributed by atoms with E-state index in [4.69, 9.17) is 4.98 Å². The van der Waals surface area contributed by atoms with Crippen molar-refractivity contribution in [3.05, 3.63) is 47.4 Å². The first kappa shape index (κ1) is 22.4. The molecule has 29 heavy (non-hydrogen) atoms. The Kier molecular flexibility index (Phi) is 7.47. The van der Waals surface area contributed by atoms with Gasteiger partial charge in [-0.25, -0.2) is 4.98 Å². The molecule has 1 aliphatic carbocycles. The van der Waals surface area contributed by atoms with Crippen molar-refractivity contribution in [2.75, 3.05) is 19.6 Å². The van der Waals surface area contributed by atoms with E-state index in [9.17, 15) is 0 Å². The number of aryl methyl sites for hydroxylation is 1. The molecule has 3 aromatic rings. The van der Waals surface area contributed by atoms with Gasteiger partial charge in [0.2, 0.25) is 0 Å². The highest BCUT2D eigenvalue weighted by Gasteiger charge is 2.24. The van der Waals surface area contributed by atoms with E-state index in [1.807, 2.05) is 0 Å². The lowest BCUT2D eigenvalue weighted by Crippen LogP contribution is -2.22. The lowest BCUT2D eigenvalue weighted by atomic mass is 9.88. The van der Waals surface area contributed by atoms with Gasteiger partial charge in [-0.1, -0.05) is 37.5 Å². The second kappa shape index (κ2) is 9.68. The molecule has 0 radical (unpaired) electrons. The molecule has 0 spiro atoms. The minimum atomic E-state index is 0. The summed E-state index contributed by atoms with van der Waals surface area (Å²) >= 11 is 0. The Balaban J connectivity index is 0.00000120. The number of halogens is 2. The molecule has 1 aromatic carbocycles. The molecule has 1 aliphatic heterocycles. The van der Waals surface area contributed by atoms with Crippen molar-refractivity contribution >= 4 is 41.2 Å². The number of hydrogen-bond acceptors (Lipinski definition) is 2. The molecule has 2 fully saturated rings. The lowest BCUT2D eigenvalue weighted by Gasteiger charge is -2.23. The summed E-state index contributed by atoms with van der Waals surface area (Å²) in [6.07, 6.45) is 12.7. The summed E-state index contributed by atoms with van der Waals surface area (Å²) in [5, 5.41) is 1.44. The summed E-state index contributed by atoms with van der Waals surface area (Å²) in [6.45, 7) is 5.98. The average molecular weight is 434 g/mol. The molecule has 2 aromatic heterocycles. The molecule has 2 aliphatic rings. The monoisotopic (exact) mass is 433 g/mol. The Labute approximate surface area is 186 Å². The number of rotatable bonds is 4. The van der Waals surface area contributed by atoms with Gasteiger partial charge in [0, 0.05) is 24.0 Å². The van der Waals surface area contributed by atoms with Crippen LogP contribution in [0, 0.1) is 6.92 Å². The smallest absolute Gasteiger partial charge is 0.116 e. The van der Waals surface area contributed by atoms with Crippen LogP contribution in [0.15, 0.2) is 30.5 Å². The summed E-state index contributed by atoms with van der Waals surface area (Å²) < 4.78 is 2.53. The Morgan fingerprint density at radius 3 is 2.45 bits per heavy atom. The molecule has 0 amide bonds. The summed E-state index contributed by atoms with van der Waals surface area (Å²) in [5.41, 5.74) is 5.66. The van der Waals surface area contributed by atoms with Crippen LogP contribution in [-0.4, -0.2) is 33.9 Å². The Morgan fingerprint density at radius 2 is 1.69 bits per heavy atom. The third-order valence-electron chi connectivity index (χ3n) is 6.82. The van der Waals surface area contributed by atoms with Gasteiger partial charge in [0.15, 0.2) is 0 Å². The lowest BCUT2D eigenvalue weighted by molar-refractivity contribution is 0.344. The van der Waals surface area contributed by atoms with E-state index in [2.05, 4.69) is 46.7 Å². The maximum Gasteiger partial charge on any atom is 0.116 e. The molecule has 0 bridgehead atoms. The Bertz CT molecular complexity index is 954. The van der Waals surface area contributed by atoms with E-state index in [-0.39, 0.29) is 24.8 Å². The molecule has 0 unspecified atom stereocenters. The molecule has 1 saturated heterocycles. The largest absolute Gasteiger partial charge is 0.303 e. The normalized spacial score (nSPS) is 18.1. The third kappa shape index (κ3) is 4.15. The standard InChI is InChI=1S/C24H31N3.2ClH/c1-18-17-25-24(19-9-3-2-4-10-19)27-22-12-6-5-11-20(22)21(23(18)27)13-16-26-14-7-8-15-26;;/h5-6,11-12,17,19H,2-4,7-10,13-16H2,1H3;2*1H. The predicted octanol–water partition coefficient (Wildman–Crippen LogP) is 6.33. The number of likely N-dealkylation sites (tertiary alicyclic amines) is 1. The highest BCUT2D eigenvalue weighted by Crippen LogP contribution is 2.36. The van der Waals surface area contributed by atoms with Gasteiger partial charge in [-0.2, -0.15) is 0 Å². The molecule has 3 heterocycles. The number of fused-ring (bicyclic) bond motifs is 3. The van der Waals surface area contributed by atoms with E-state index in [0.717, 1.165) is 6.42 Å². The van der Waals surface area contributed by atoms with E-state index < -0.39 is 0 Å². The Hall–Kier alpha value is -1.29. The highest BCUT2D eigenvalue weighted by atomic mass is 35.5. The topological polar surface area (TPSA) is 20.5 Å². The molecule has 158 valence electrons. The van der Waals surface area contributed by atoms with E-state index in [1.54, 1.807) is 0 Å². The molecule has 1 saturated carbocycles. The first-order valence-electron chi connectivity index (χ1n) is 10.9. The van der Waals surface area contributed by atoms with E-state index in [0.29, 0.717) is 5.92 Å². The van der Waals surface area contributed by atoms with Gasteiger partial charge in [0.05, 0.1) is 11.0 Å². The van der Waals surface area contributed by atoms with E-state index >= 15 is 0 Å². The SMILES string of the molecule is Cc1cnc(C2CCCCC2)n2c1c(CCN1CCCC1)c1ccccc12.Cl.Cl. The van der Waals surface area contributed by atoms with Gasteiger partial charge in [-0.15, -0.1) is 24.8 Å². The predicted molar refractivity (Wildman–Crippen MR) is 127 cm³/mol. The summed E-state index contributed by atoms with van der Waals surface area (Å²) in [4.78, 5) is 7.62. The molecule has 5 heteroatoms. The second-order valence-corrected chi connectivity index (χ2v) is 8.61. The zero-order chi connectivity index (χ0) is 18.2. The van der Waals surface area contributed by atoms with Gasteiger partial charge < -0.3 is 4.90 Å². The van der Waals surface area contributed by atoms with Crippen LogP contribution in [0.25, 0.3) is 16.4 Å². The minimum Gasteiger partial charge on any atom is -0.303 e. The van der Waals surface area contributed by atoms with Crippen molar-refractivity contribution in [2.45, 2.75) is 64.2 Å². The van der Waals surface area contributed by atoms with Crippen LogP contribution in [0.2, 0.25) is 0 Å². The average Bonchev–Trinajstić information content (AvgIpc) is 3.34. The van der Waals surface area contributed by atoms with Gasteiger partial charge in [0.25, 0.3) is 0 Å². The zero-order valence-corrected chi connectivity index (χ0v) is 19.0. The van der Waals surface area contributed by atoms with Crippen molar-refractivity contribution in [2.24, 2.45) is 0 Å². The fraction of sp³-hybridized carbons (Fsp3) is 0.542. The van der Waals surface area contributed by atoms with Gasteiger partial charge in [-0.05, 0) is 69.3 Å². The first-order chi connectivity index (χ1) is 13.3. The number of nitrogens with zero attached hydrogens (tertiary/aromatic N) is 3. The molecule has 0 N–H and O–H groups in total. The molecule has 3 nitrogen and oxygen atoms in total. The van der Waals surface area contributed by atoms with Crippen molar-refractivity contribution in [3.8, 4) is 0 Å². The number of aromatic nitrogens is 2. The summed E-state index contributed by atoms with van der Waals surface area (Å²) in [7, 11) is 0. The quantitative estimate of drug-likeness (QED) is 0.479. The minimum absolute atomic E-state index is 0. The fourth-order valence-corrected chi connectivity index (χ4v) is 5.42. The van der Waals surface area contributed by atoms with Crippen LogP contribution in [0.1, 0.15) is 67.8 Å². The first-order valence-corrected chi connectivity index (χ1v) is 10.9. The van der Waals surface area contributed by atoms with Crippen LogP contribution in [0.5, 0.6) is 0 Å². The van der Waals surface area contributed by atoms with Gasteiger partial charge in [0.1, 0.15) is 5.82 Å². The number of benzene rings is 1. The molecular weight excluding hydrogens is 401 g/mol. The summed E-state index contributed by atoms with van der Waals surface area (Å²) in [5.74, 6) is 1.92. The van der Waals surface area contributed by atoms with Gasteiger partial charge >= 0.3 is 0 Å². The highest BCUT2D eigenvalue weighted by molar-refractivity contribution is 5.93. The van der Waals surface area contributed by atoms with Crippen molar-refractivity contribution < 1.29 is 0 Å². The second-order valence-electron chi connectivity index (χ2n) is 8.61. The van der Waals surface area contributed by atoms with Crippen molar-refractivity contribution in [1.82, 2.24) is 14.3 Å². The van der Waals surface area contributed by atoms with E-state index in [1.165, 1.54) is 98.0 Å². The van der Waals surface area contributed by atoms with Crippen molar-refractivity contribution in [1.29, 1.82) is 0 Å². The molecule has 5 rings (SSSR count). The number of para-hydroxylation sites is 1. The van der Waals surface area contributed by atoms with Crippen LogP contribution < -0.4 is 0 Å². The summed E-state index contributed by atoms with van der Waals surface area (Å²) in [6, 6.07) is 9.01. The van der Waals surface area contributed by atoms with Crippen molar-refractivity contribution in [3.63, 3.8) is 0 Å². The Morgan fingerprint density at radius 1 is 0.966 bits per heavy atom.